The molecule has 1 fully saturated rings. The fourth-order valence-electron chi connectivity index (χ4n) is 12.3. The average Bonchev–Trinajstić information content (AvgIpc) is 1.52. The van der Waals surface area contributed by atoms with E-state index in [0.29, 0.717) is 18.2 Å². The summed E-state index contributed by atoms with van der Waals surface area (Å²) in [5.41, 5.74) is -16.5. The molecule has 6 aromatic carbocycles. The van der Waals surface area contributed by atoms with Gasteiger partial charge in [-0.2, -0.15) is 0 Å². The fraction of sp³-hybridized carbons (Fsp3) is 0.200. The molecule has 1 saturated heterocycles. The first-order valence-electron chi connectivity index (χ1n) is 24.8. The maximum absolute atomic E-state index is 15.7. The van der Waals surface area contributed by atoms with E-state index in [1.54, 1.807) is 0 Å². The van der Waals surface area contributed by atoms with Crippen molar-refractivity contribution in [2.75, 3.05) is 6.61 Å². The van der Waals surface area contributed by atoms with Gasteiger partial charge in [-0.1, -0.05) is 6.07 Å². The number of hydrogen-bond acceptors (Lipinski definition) is 30. The first-order valence-corrected chi connectivity index (χ1v) is 24.8. The SMILES string of the molecule is O=C1OC[C@H]2OC(=O)c3cc(O)c(O)c(O)c3-c3c(O)c(O)c(O)c4c3C(=O)O[C@H]([C@H]3OC(=O)[C@@H]5C4=C(O)C(=O)[C@]54Oc5cc6c(c(O)c5[C@H]34)C[C@H](O)[C@@H](c3ccc(O)c(O)c3)O6)[C@@H]2OC(=O)c2cc(O)c(O)c(O)c2-c2cc1c(O)c(O)c2O. The monoisotopic (exact) mass is 1180 g/mol. The standard InChI is InChI=1S/C55H36O30/c56-16-2-1-10(3-17(16)57)45-20(60)5-11-21(80-45)8-22-26(33(11)61)31-47-48-46-23(9-79-50(74)15-4-12(34(62)43(71)35(15)63)24-13(52(76)82-46)6-18(58)36(64)38(24)66)81-51(75)14-7-19(59)37(65)39(67)25(14)27-29(53(77)84-48)28(41(69)44(72)40(27)68)30-32(54(78)83-47)55(31,85-22)49(73)42(30)70/h1-4,6-8,20,23,31-32,45-48,56-72H,5,9H2/t20-,23+,31+,32-,45+,46+,47-,48-,55+/m0/s1. The Hall–Kier alpha value is -11.6. The van der Waals surface area contributed by atoms with E-state index in [1.165, 1.54) is 6.07 Å². The first kappa shape index (κ1) is 52.8. The predicted molar refractivity (Wildman–Crippen MR) is 267 cm³/mol. The molecule has 14 rings (SSSR count). The number of aliphatic hydroxyl groups excluding tert-OH is 2. The van der Waals surface area contributed by atoms with Crippen LogP contribution in [0.25, 0.3) is 27.8 Å². The quantitative estimate of drug-likeness (QED) is 0.0638. The van der Waals surface area contributed by atoms with Gasteiger partial charge < -0.3 is 120 Å². The third-order valence-corrected chi connectivity index (χ3v) is 16.1. The number of phenolic OH excluding ortho intramolecular Hbond substituents is 15. The number of fused-ring (bicyclic) bond motifs is 10. The molecule has 0 amide bonds. The van der Waals surface area contributed by atoms with Crippen molar-refractivity contribution in [3.05, 3.63) is 92.7 Å². The normalized spacial score (nSPS) is 25.0. The highest BCUT2D eigenvalue weighted by atomic mass is 16.6. The molecule has 30 heteroatoms. The summed E-state index contributed by atoms with van der Waals surface area (Å²) < 4.78 is 42.2. The highest BCUT2D eigenvalue weighted by molar-refractivity contribution is 6.22. The van der Waals surface area contributed by atoms with Gasteiger partial charge in [0.1, 0.15) is 41.4 Å². The van der Waals surface area contributed by atoms with Crippen molar-refractivity contribution < 1.29 is 149 Å². The molecule has 0 saturated carbocycles. The number of rotatable bonds is 1. The molecule has 8 aliphatic rings. The molecule has 436 valence electrons. The van der Waals surface area contributed by atoms with Crippen LogP contribution in [0.3, 0.4) is 0 Å². The van der Waals surface area contributed by atoms with E-state index in [1.807, 2.05) is 0 Å². The van der Waals surface area contributed by atoms with Crippen LogP contribution in [0, 0.1) is 5.92 Å². The predicted octanol–water partition coefficient (Wildman–Crippen LogP) is 2.42. The Bertz CT molecular complexity index is 4230. The van der Waals surface area contributed by atoms with Crippen molar-refractivity contribution in [3.8, 4) is 120 Å². The minimum atomic E-state index is -3.15. The van der Waals surface area contributed by atoms with Gasteiger partial charge in [-0.15, -0.1) is 0 Å². The molecule has 0 unspecified atom stereocenters. The molecule has 9 atom stereocenters. The zero-order valence-corrected chi connectivity index (χ0v) is 42.0. The van der Waals surface area contributed by atoms with Gasteiger partial charge in [-0.3, -0.25) is 9.59 Å². The van der Waals surface area contributed by atoms with E-state index in [4.69, 9.17) is 33.2 Å². The minimum Gasteiger partial charge on any atom is -0.507 e. The van der Waals surface area contributed by atoms with Crippen molar-refractivity contribution in [3.63, 3.8) is 0 Å². The Kier molecular flexibility index (Phi) is 10.9. The van der Waals surface area contributed by atoms with Gasteiger partial charge in [-0.25, -0.2) is 19.2 Å². The Labute approximate surface area is 468 Å². The van der Waals surface area contributed by atoms with E-state index in [0.717, 1.165) is 18.2 Å². The minimum absolute atomic E-state index is 0.0639. The lowest BCUT2D eigenvalue weighted by Crippen LogP contribution is -2.65. The number of cyclic esters (lactones) is 1. The number of benzene rings is 6. The summed E-state index contributed by atoms with van der Waals surface area (Å²) in [5.74, 6) is -39.1. The lowest BCUT2D eigenvalue weighted by Gasteiger charge is -2.47. The summed E-state index contributed by atoms with van der Waals surface area (Å²) in [4.78, 5) is 91.1. The second-order valence-electron chi connectivity index (χ2n) is 20.5. The maximum Gasteiger partial charge on any atom is 0.342 e. The van der Waals surface area contributed by atoms with Crippen LogP contribution in [-0.2, 0) is 39.7 Å². The molecule has 30 nitrogen and oxygen atoms in total. The van der Waals surface area contributed by atoms with Gasteiger partial charge in [0.2, 0.25) is 34.4 Å². The molecule has 1 aliphatic carbocycles. The third kappa shape index (κ3) is 6.83. The van der Waals surface area contributed by atoms with Crippen molar-refractivity contribution in [1.82, 2.24) is 0 Å². The second kappa shape index (κ2) is 17.5. The van der Waals surface area contributed by atoms with Crippen LogP contribution >= 0.6 is 0 Å². The molecule has 17 N–H and O–H groups in total. The topological polar surface area (TPSA) is 511 Å². The molecule has 1 spiro atoms. The van der Waals surface area contributed by atoms with Gasteiger partial charge in [0.15, 0.2) is 87.7 Å². The lowest BCUT2D eigenvalue weighted by atomic mass is 9.66. The molecule has 7 heterocycles. The molecule has 8 bridgehead atoms. The second-order valence-corrected chi connectivity index (χ2v) is 20.5. The van der Waals surface area contributed by atoms with Gasteiger partial charge in [0.05, 0.1) is 28.7 Å². The van der Waals surface area contributed by atoms with Crippen LogP contribution in [0.4, 0.5) is 0 Å². The average molecular weight is 1180 g/mol. The number of esters is 5. The molecule has 85 heavy (non-hydrogen) atoms. The smallest absolute Gasteiger partial charge is 0.342 e. The summed E-state index contributed by atoms with van der Waals surface area (Å²) >= 11 is 0. The van der Waals surface area contributed by atoms with E-state index in [9.17, 15) is 91.6 Å². The van der Waals surface area contributed by atoms with E-state index in [-0.39, 0.29) is 16.9 Å². The van der Waals surface area contributed by atoms with E-state index >= 15 is 24.0 Å². The Balaban J connectivity index is 1.13. The number of aromatic hydroxyl groups is 15. The van der Waals surface area contributed by atoms with Crippen molar-refractivity contribution in [2.24, 2.45) is 5.92 Å². The number of ether oxygens (including phenoxy) is 7. The summed E-state index contributed by atoms with van der Waals surface area (Å²) in [6.45, 7) is -1.58. The zero-order chi connectivity index (χ0) is 60.8. The van der Waals surface area contributed by atoms with Crippen LogP contribution < -0.4 is 9.47 Å². The molecule has 0 radical (unpaired) electrons. The van der Waals surface area contributed by atoms with Crippen LogP contribution in [0.15, 0.2) is 48.2 Å². The van der Waals surface area contributed by atoms with Crippen molar-refractivity contribution >= 4 is 41.2 Å². The molecule has 0 aromatic heterocycles. The Morgan fingerprint density at radius 3 is 1.73 bits per heavy atom. The van der Waals surface area contributed by atoms with Gasteiger partial charge >= 0.3 is 29.8 Å². The van der Waals surface area contributed by atoms with Crippen LogP contribution in [0.5, 0.6) is 97.7 Å². The highest BCUT2D eigenvalue weighted by Crippen LogP contribution is 2.68. The number of carbonyl (C=O) groups excluding carboxylic acids is 6. The Morgan fingerprint density at radius 2 is 1.05 bits per heavy atom. The number of hydrogen-bond donors (Lipinski definition) is 17. The van der Waals surface area contributed by atoms with E-state index in [2.05, 4.69) is 0 Å². The van der Waals surface area contributed by atoms with Gasteiger partial charge in [-0.05, 0) is 35.9 Å². The van der Waals surface area contributed by atoms with Gasteiger partial charge in [0.25, 0.3) is 0 Å². The fourth-order valence-corrected chi connectivity index (χ4v) is 12.3. The summed E-state index contributed by atoms with van der Waals surface area (Å²) in [5, 5.41) is 192. The van der Waals surface area contributed by atoms with Crippen LogP contribution in [-0.4, -0.2) is 165 Å². The summed E-state index contributed by atoms with van der Waals surface area (Å²) in [6.07, 6.45) is -14.7. The number of Topliss-reactive ketones (excluding diaryl/α,β-unsaturated/α-hetero) is 1. The third-order valence-electron chi connectivity index (χ3n) is 16.1. The number of aliphatic hydroxyl groups is 2. The number of phenols is 15. The van der Waals surface area contributed by atoms with Crippen molar-refractivity contribution in [2.45, 2.75) is 54.6 Å². The molecule has 6 aromatic rings. The maximum atomic E-state index is 15.7. The number of carbonyl (C=O) groups is 6. The number of ketones is 1. The van der Waals surface area contributed by atoms with Crippen molar-refractivity contribution in [1.29, 1.82) is 0 Å². The first-order chi connectivity index (χ1) is 40.2. The van der Waals surface area contributed by atoms with E-state index < -0.39 is 262 Å². The van der Waals surface area contributed by atoms with Crippen LogP contribution in [0.2, 0.25) is 0 Å². The summed E-state index contributed by atoms with van der Waals surface area (Å²) in [7, 11) is 0. The zero-order valence-electron chi connectivity index (χ0n) is 42.0. The highest BCUT2D eigenvalue weighted by Gasteiger charge is 2.76. The lowest BCUT2D eigenvalue weighted by molar-refractivity contribution is -0.200. The Morgan fingerprint density at radius 1 is 0.447 bits per heavy atom. The summed E-state index contributed by atoms with van der Waals surface area (Å²) in [6, 6.07) is 5.60. The molecule has 7 aliphatic heterocycles. The largest absolute Gasteiger partial charge is 0.507 e. The molecular formula is C55H36O30. The molecular weight excluding hydrogens is 1140 g/mol. The van der Waals surface area contributed by atoms with Gasteiger partial charge in [0, 0.05) is 57.0 Å². The van der Waals surface area contributed by atoms with Crippen LogP contribution in [0.1, 0.15) is 75.7 Å².